The van der Waals surface area contributed by atoms with Crippen LogP contribution in [-0.4, -0.2) is 23.4 Å². The van der Waals surface area contributed by atoms with Crippen molar-refractivity contribution in [3.05, 3.63) is 99.0 Å². The monoisotopic (exact) mass is 495 g/mol. The Balaban J connectivity index is 1.88. The van der Waals surface area contributed by atoms with Crippen molar-refractivity contribution < 1.29 is 19.4 Å². The van der Waals surface area contributed by atoms with Crippen molar-refractivity contribution in [2.45, 2.75) is 26.3 Å². The number of anilines is 1. The number of halogens is 2. The van der Waals surface area contributed by atoms with Crippen molar-refractivity contribution in [1.82, 2.24) is 0 Å². The molecule has 3 aromatic carbocycles. The number of rotatable bonds is 6. The summed E-state index contributed by atoms with van der Waals surface area (Å²) in [6.07, 6.45) is 0.870. The van der Waals surface area contributed by atoms with Crippen LogP contribution in [0.5, 0.6) is 5.75 Å². The second-order valence-corrected chi connectivity index (χ2v) is 8.96. The molecule has 1 aliphatic rings. The number of carbonyl (C=O) groups is 2. The molecule has 0 radical (unpaired) electrons. The van der Waals surface area contributed by atoms with E-state index in [0.717, 1.165) is 12.0 Å². The number of hydrogen-bond donors (Lipinski definition) is 1. The smallest absolute Gasteiger partial charge is 0.300 e. The van der Waals surface area contributed by atoms with Crippen LogP contribution in [0, 0.1) is 6.92 Å². The Kier molecular flexibility index (Phi) is 6.96. The van der Waals surface area contributed by atoms with E-state index in [-0.39, 0.29) is 11.3 Å². The molecule has 34 heavy (non-hydrogen) atoms. The summed E-state index contributed by atoms with van der Waals surface area (Å²) in [5.41, 5.74) is 2.40. The third-order valence-electron chi connectivity index (χ3n) is 5.53. The van der Waals surface area contributed by atoms with Gasteiger partial charge in [-0.15, -0.1) is 0 Å². The molecule has 0 spiro atoms. The van der Waals surface area contributed by atoms with E-state index in [0.29, 0.717) is 39.2 Å². The lowest BCUT2D eigenvalue weighted by molar-refractivity contribution is -0.132. The van der Waals surface area contributed by atoms with Crippen LogP contribution in [0.3, 0.4) is 0 Å². The van der Waals surface area contributed by atoms with Gasteiger partial charge in [-0.25, -0.2) is 0 Å². The molecule has 0 saturated carbocycles. The number of aliphatic hydroxyl groups excluding tert-OH is 1. The van der Waals surface area contributed by atoms with Gasteiger partial charge >= 0.3 is 0 Å². The van der Waals surface area contributed by atoms with E-state index in [4.69, 9.17) is 27.9 Å². The molecule has 1 unspecified atom stereocenters. The second kappa shape index (κ2) is 9.92. The number of nitrogens with zero attached hydrogens (tertiary/aromatic N) is 1. The molecule has 1 amide bonds. The Hall–Kier alpha value is -3.28. The van der Waals surface area contributed by atoms with Crippen LogP contribution in [-0.2, 0) is 9.59 Å². The summed E-state index contributed by atoms with van der Waals surface area (Å²) in [4.78, 5) is 27.8. The molecule has 1 aliphatic heterocycles. The van der Waals surface area contributed by atoms with Gasteiger partial charge in [0.15, 0.2) is 0 Å². The lowest BCUT2D eigenvalue weighted by Crippen LogP contribution is -2.29. The number of aryl methyl sites for hydroxylation is 1. The van der Waals surface area contributed by atoms with Gasteiger partial charge in [0.25, 0.3) is 11.7 Å². The van der Waals surface area contributed by atoms with Gasteiger partial charge in [0.05, 0.1) is 18.2 Å². The van der Waals surface area contributed by atoms with Crippen molar-refractivity contribution in [2.75, 3.05) is 11.5 Å². The molecule has 1 saturated heterocycles. The highest BCUT2D eigenvalue weighted by atomic mass is 35.5. The zero-order valence-electron chi connectivity index (χ0n) is 18.7. The Bertz CT molecular complexity index is 1260. The fourth-order valence-electron chi connectivity index (χ4n) is 4.02. The summed E-state index contributed by atoms with van der Waals surface area (Å²) in [6, 6.07) is 18.1. The molecule has 1 atom stereocenters. The number of benzene rings is 3. The Morgan fingerprint density at radius 3 is 2.29 bits per heavy atom. The van der Waals surface area contributed by atoms with E-state index in [1.165, 1.54) is 4.90 Å². The fourth-order valence-corrected chi connectivity index (χ4v) is 4.53. The van der Waals surface area contributed by atoms with Crippen molar-refractivity contribution >= 4 is 46.3 Å². The molecule has 3 aromatic rings. The van der Waals surface area contributed by atoms with Gasteiger partial charge in [0, 0.05) is 21.3 Å². The van der Waals surface area contributed by atoms with Crippen LogP contribution in [0.25, 0.3) is 5.76 Å². The Labute approximate surface area is 208 Å². The summed E-state index contributed by atoms with van der Waals surface area (Å²) in [7, 11) is 0. The topological polar surface area (TPSA) is 66.8 Å². The normalized spacial score (nSPS) is 17.3. The number of Topliss-reactive ketones (excluding diaryl/α,β-unsaturated/α-hetero) is 1. The van der Waals surface area contributed by atoms with Crippen molar-refractivity contribution in [2.24, 2.45) is 0 Å². The largest absolute Gasteiger partial charge is 0.507 e. The van der Waals surface area contributed by atoms with Gasteiger partial charge in [0.2, 0.25) is 0 Å². The van der Waals surface area contributed by atoms with Crippen molar-refractivity contribution in [3.8, 4) is 5.75 Å². The summed E-state index contributed by atoms with van der Waals surface area (Å²) in [5, 5.41) is 11.9. The molecule has 1 N–H and O–H groups in total. The summed E-state index contributed by atoms with van der Waals surface area (Å²) < 4.78 is 5.60. The van der Waals surface area contributed by atoms with E-state index < -0.39 is 17.7 Å². The summed E-state index contributed by atoms with van der Waals surface area (Å²) in [6.45, 7) is 4.50. The van der Waals surface area contributed by atoms with E-state index in [9.17, 15) is 14.7 Å². The maximum absolute atomic E-state index is 13.3. The molecule has 1 heterocycles. The maximum atomic E-state index is 13.3. The van der Waals surface area contributed by atoms with Crippen LogP contribution >= 0.6 is 23.2 Å². The number of amides is 1. The minimum absolute atomic E-state index is 0.00563. The van der Waals surface area contributed by atoms with E-state index in [1.807, 2.05) is 38.1 Å². The maximum Gasteiger partial charge on any atom is 0.300 e. The van der Waals surface area contributed by atoms with Crippen LogP contribution in [0.2, 0.25) is 10.0 Å². The standard InChI is InChI=1S/C27H23Cl2NO4/c1-3-11-34-22-9-7-17(8-10-22)25(31)23-24(18-6-4-5-16(2)12-18)30(27(33)26(23)32)21-14-19(28)13-20(29)15-21/h4-10,12-15,24,31H,3,11H2,1-2H3/b25-23+. The van der Waals surface area contributed by atoms with Gasteiger partial charge in [-0.05, 0) is 61.4 Å². The first-order chi connectivity index (χ1) is 16.3. The zero-order valence-corrected chi connectivity index (χ0v) is 20.2. The Morgan fingerprint density at radius 2 is 1.68 bits per heavy atom. The first-order valence-corrected chi connectivity index (χ1v) is 11.6. The molecule has 0 aromatic heterocycles. The average Bonchev–Trinajstić information content (AvgIpc) is 3.07. The molecule has 0 aliphatic carbocycles. The molecule has 4 rings (SSSR count). The first-order valence-electron chi connectivity index (χ1n) is 10.9. The number of carbonyl (C=O) groups excluding carboxylic acids is 2. The molecule has 1 fully saturated rings. The van der Waals surface area contributed by atoms with Crippen LogP contribution in [0.15, 0.2) is 72.3 Å². The number of aliphatic hydroxyl groups is 1. The second-order valence-electron chi connectivity index (χ2n) is 8.08. The molecule has 0 bridgehead atoms. The highest BCUT2D eigenvalue weighted by molar-refractivity contribution is 6.52. The SMILES string of the molecule is CCCOc1ccc(/C(O)=C2\C(=O)C(=O)N(c3cc(Cl)cc(Cl)c3)C2c2cccc(C)c2)cc1. The third kappa shape index (κ3) is 4.67. The zero-order chi connectivity index (χ0) is 24.4. The van der Waals surface area contributed by atoms with Crippen LogP contribution < -0.4 is 9.64 Å². The minimum atomic E-state index is -0.856. The van der Waals surface area contributed by atoms with Gasteiger partial charge in [0.1, 0.15) is 11.5 Å². The Morgan fingerprint density at radius 1 is 1.00 bits per heavy atom. The van der Waals surface area contributed by atoms with Crippen LogP contribution in [0.4, 0.5) is 5.69 Å². The molecule has 5 nitrogen and oxygen atoms in total. The predicted octanol–water partition coefficient (Wildman–Crippen LogP) is 6.72. The van der Waals surface area contributed by atoms with E-state index in [1.54, 1.807) is 42.5 Å². The highest BCUT2D eigenvalue weighted by Gasteiger charge is 2.47. The van der Waals surface area contributed by atoms with E-state index >= 15 is 0 Å². The summed E-state index contributed by atoms with van der Waals surface area (Å²) in [5.74, 6) is -1.16. The average molecular weight is 496 g/mol. The molecule has 7 heteroatoms. The summed E-state index contributed by atoms with van der Waals surface area (Å²) >= 11 is 12.4. The van der Waals surface area contributed by atoms with Crippen molar-refractivity contribution in [1.29, 1.82) is 0 Å². The minimum Gasteiger partial charge on any atom is -0.507 e. The third-order valence-corrected chi connectivity index (χ3v) is 5.96. The quantitative estimate of drug-likeness (QED) is 0.234. The van der Waals surface area contributed by atoms with Crippen molar-refractivity contribution in [3.63, 3.8) is 0 Å². The van der Waals surface area contributed by atoms with Gasteiger partial charge in [-0.3, -0.25) is 14.5 Å². The number of ketones is 1. The first kappa shape index (κ1) is 23.9. The number of hydrogen-bond acceptors (Lipinski definition) is 4. The van der Waals surface area contributed by atoms with E-state index in [2.05, 4.69) is 0 Å². The van der Waals surface area contributed by atoms with Gasteiger partial charge in [-0.1, -0.05) is 60.0 Å². The predicted molar refractivity (Wildman–Crippen MR) is 135 cm³/mol. The fraction of sp³-hybridized carbons (Fsp3) is 0.185. The molecular weight excluding hydrogens is 473 g/mol. The van der Waals surface area contributed by atoms with Crippen LogP contribution in [0.1, 0.15) is 36.1 Å². The highest BCUT2D eigenvalue weighted by Crippen LogP contribution is 2.43. The number of ether oxygens (including phenoxy) is 1. The molecule has 174 valence electrons. The lowest BCUT2D eigenvalue weighted by atomic mass is 9.94. The lowest BCUT2D eigenvalue weighted by Gasteiger charge is -2.26. The van der Waals surface area contributed by atoms with Gasteiger partial charge in [-0.2, -0.15) is 0 Å². The molecular formula is C27H23Cl2NO4. The van der Waals surface area contributed by atoms with Gasteiger partial charge < -0.3 is 9.84 Å².